The highest BCUT2D eigenvalue weighted by molar-refractivity contribution is 6.06. The lowest BCUT2D eigenvalue weighted by Gasteiger charge is -2.09. The zero-order valence-corrected chi connectivity index (χ0v) is 14.1. The van der Waals surface area contributed by atoms with Gasteiger partial charge in [0, 0.05) is 37.5 Å². The highest BCUT2D eigenvalue weighted by Crippen LogP contribution is 2.22. The van der Waals surface area contributed by atoms with Crippen molar-refractivity contribution < 1.29 is 14.3 Å². The van der Waals surface area contributed by atoms with Gasteiger partial charge in [0.1, 0.15) is 5.56 Å². The third kappa shape index (κ3) is 3.38. The van der Waals surface area contributed by atoms with E-state index < -0.39 is 0 Å². The van der Waals surface area contributed by atoms with Gasteiger partial charge in [-0.05, 0) is 17.7 Å². The van der Waals surface area contributed by atoms with Crippen LogP contribution < -0.4 is 15.6 Å². The Hall–Kier alpha value is -3.13. The van der Waals surface area contributed by atoms with Gasteiger partial charge in [-0.15, -0.1) is 5.10 Å². The molecule has 0 saturated carbocycles. The number of hydrogen-bond donors (Lipinski definition) is 2. The lowest BCUT2D eigenvalue weighted by atomic mass is 10.1. The van der Waals surface area contributed by atoms with Crippen LogP contribution in [0.5, 0.6) is 5.88 Å². The van der Waals surface area contributed by atoms with Crippen LogP contribution in [-0.2, 0) is 18.4 Å². The number of fused-ring (bicyclic) bond motifs is 1. The van der Waals surface area contributed by atoms with Crippen LogP contribution in [0.15, 0.2) is 35.3 Å². The molecule has 2 aromatic heterocycles. The molecule has 25 heavy (non-hydrogen) atoms. The van der Waals surface area contributed by atoms with Crippen molar-refractivity contribution in [2.24, 2.45) is 7.05 Å². The van der Waals surface area contributed by atoms with Gasteiger partial charge in [0.15, 0.2) is 0 Å². The van der Waals surface area contributed by atoms with E-state index in [-0.39, 0.29) is 17.3 Å². The molecule has 3 rings (SSSR count). The van der Waals surface area contributed by atoms with Crippen molar-refractivity contribution >= 4 is 22.5 Å². The van der Waals surface area contributed by atoms with Gasteiger partial charge in [0.25, 0.3) is 5.91 Å². The molecule has 1 aromatic carbocycles. The van der Waals surface area contributed by atoms with Crippen molar-refractivity contribution in [2.75, 3.05) is 19.5 Å². The van der Waals surface area contributed by atoms with Gasteiger partial charge < -0.3 is 19.8 Å². The van der Waals surface area contributed by atoms with Gasteiger partial charge in [0.05, 0.1) is 19.2 Å². The number of H-pyrrole nitrogens is 1. The van der Waals surface area contributed by atoms with Crippen molar-refractivity contribution in [3.8, 4) is 5.88 Å². The average Bonchev–Trinajstić information content (AvgIpc) is 2.96. The number of methoxy groups -OCH3 is 2. The summed E-state index contributed by atoms with van der Waals surface area (Å²) in [6.07, 6.45) is 1.58. The maximum Gasteiger partial charge on any atom is 0.262 e. The highest BCUT2D eigenvalue weighted by atomic mass is 16.5. The number of nitrogens with one attached hydrogen (secondary N) is 2. The number of benzene rings is 1. The second kappa shape index (κ2) is 6.78. The first-order valence-corrected chi connectivity index (χ1v) is 7.55. The number of carbonyl (C=O) groups is 1. The molecular formula is C17H18N4O4. The first kappa shape index (κ1) is 16.7. The summed E-state index contributed by atoms with van der Waals surface area (Å²) in [5, 5.41) is 7.70. The zero-order valence-electron chi connectivity index (χ0n) is 14.1. The fourth-order valence-corrected chi connectivity index (χ4v) is 2.66. The molecule has 0 fully saturated rings. The van der Waals surface area contributed by atoms with Gasteiger partial charge in [-0.2, -0.15) is 0 Å². The Kier molecular flexibility index (Phi) is 4.53. The van der Waals surface area contributed by atoms with Crippen LogP contribution in [0.25, 0.3) is 10.9 Å². The Morgan fingerprint density at radius 3 is 2.84 bits per heavy atom. The van der Waals surface area contributed by atoms with E-state index >= 15 is 0 Å². The number of rotatable bonds is 5. The summed E-state index contributed by atoms with van der Waals surface area (Å²) in [6, 6.07) is 6.80. The van der Waals surface area contributed by atoms with Crippen LogP contribution in [0.2, 0.25) is 0 Å². The van der Waals surface area contributed by atoms with Crippen molar-refractivity contribution in [3.05, 3.63) is 51.9 Å². The molecule has 0 aliphatic heterocycles. The lowest BCUT2D eigenvalue weighted by molar-refractivity contribution is 0.102. The lowest BCUT2D eigenvalue weighted by Crippen LogP contribution is -2.13. The number of pyridine rings is 1. The second-order valence-electron chi connectivity index (χ2n) is 5.53. The van der Waals surface area contributed by atoms with Gasteiger partial charge in [-0.25, -0.2) is 0 Å². The molecule has 2 heterocycles. The van der Waals surface area contributed by atoms with Crippen molar-refractivity contribution in [1.82, 2.24) is 14.8 Å². The summed E-state index contributed by atoms with van der Waals surface area (Å²) in [5.74, 6) is -0.101. The highest BCUT2D eigenvalue weighted by Gasteiger charge is 2.16. The van der Waals surface area contributed by atoms with Gasteiger partial charge in [0.2, 0.25) is 11.4 Å². The topological polar surface area (TPSA) is 98.2 Å². The third-order valence-corrected chi connectivity index (χ3v) is 3.72. The van der Waals surface area contributed by atoms with Gasteiger partial charge in [-0.1, -0.05) is 6.07 Å². The van der Waals surface area contributed by atoms with Crippen LogP contribution in [0.4, 0.5) is 5.69 Å². The number of carbonyl (C=O) groups excluding carboxylic acids is 1. The molecule has 2 N–H and O–H groups in total. The third-order valence-electron chi connectivity index (χ3n) is 3.72. The minimum Gasteiger partial charge on any atom is -0.479 e. The molecule has 0 aliphatic rings. The van der Waals surface area contributed by atoms with E-state index in [2.05, 4.69) is 15.4 Å². The SMILES string of the molecule is COCc1cc(=O)[nH]c2cc(NC(=O)c3cn(C)nc3OC)ccc12. The monoisotopic (exact) mass is 342 g/mol. The van der Waals surface area contributed by atoms with Crippen molar-refractivity contribution in [3.63, 3.8) is 0 Å². The molecule has 0 aliphatic carbocycles. The van der Waals surface area contributed by atoms with Crippen molar-refractivity contribution in [1.29, 1.82) is 0 Å². The van der Waals surface area contributed by atoms with Crippen LogP contribution in [-0.4, -0.2) is 34.9 Å². The first-order valence-electron chi connectivity index (χ1n) is 7.55. The van der Waals surface area contributed by atoms with E-state index in [9.17, 15) is 9.59 Å². The molecule has 0 bridgehead atoms. The van der Waals surface area contributed by atoms with Crippen molar-refractivity contribution in [2.45, 2.75) is 6.61 Å². The van der Waals surface area contributed by atoms with Gasteiger partial charge in [-0.3, -0.25) is 14.3 Å². The molecule has 0 radical (unpaired) electrons. The average molecular weight is 342 g/mol. The maximum absolute atomic E-state index is 12.4. The summed E-state index contributed by atoms with van der Waals surface area (Å²) < 4.78 is 11.7. The minimum absolute atomic E-state index is 0.225. The Balaban J connectivity index is 1.94. The van der Waals surface area contributed by atoms with E-state index in [4.69, 9.17) is 9.47 Å². The number of ether oxygens (including phenoxy) is 2. The number of anilines is 1. The predicted molar refractivity (Wildman–Crippen MR) is 93.0 cm³/mol. The van der Waals surface area contributed by atoms with E-state index in [1.54, 1.807) is 32.5 Å². The summed E-state index contributed by atoms with van der Waals surface area (Å²) in [6.45, 7) is 0.332. The maximum atomic E-state index is 12.4. The largest absolute Gasteiger partial charge is 0.479 e. The molecule has 3 aromatic rings. The molecule has 0 atom stereocenters. The smallest absolute Gasteiger partial charge is 0.262 e. The Labute approximate surface area is 143 Å². The predicted octanol–water partition coefficient (Wildman–Crippen LogP) is 1.67. The number of amides is 1. The Morgan fingerprint density at radius 2 is 2.12 bits per heavy atom. The summed E-state index contributed by atoms with van der Waals surface area (Å²) in [5.41, 5.74) is 2.06. The van der Waals surface area contributed by atoms with Crippen LogP contribution in [0, 0.1) is 0 Å². The van der Waals surface area contributed by atoms with Crippen LogP contribution in [0.1, 0.15) is 15.9 Å². The van der Waals surface area contributed by atoms with Crippen LogP contribution in [0.3, 0.4) is 0 Å². The number of aromatic nitrogens is 3. The molecule has 8 nitrogen and oxygen atoms in total. The number of hydrogen-bond acceptors (Lipinski definition) is 5. The minimum atomic E-state index is -0.348. The van der Waals surface area contributed by atoms with E-state index in [0.717, 1.165) is 10.9 Å². The quantitative estimate of drug-likeness (QED) is 0.735. The Morgan fingerprint density at radius 1 is 1.32 bits per heavy atom. The molecule has 0 saturated heterocycles. The standard InChI is InChI=1S/C17H18N4O4/c1-21-8-13(17(20-21)25-3)16(23)18-11-4-5-12-10(9-24-2)6-15(22)19-14(12)7-11/h4-8H,9H2,1-3H3,(H,18,23)(H,19,22). The second-order valence-corrected chi connectivity index (χ2v) is 5.53. The molecule has 0 spiro atoms. The van der Waals surface area contributed by atoms with E-state index in [0.29, 0.717) is 23.4 Å². The summed E-state index contributed by atoms with van der Waals surface area (Å²) in [4.78, 5) is 27.0. The van der Waals surface area contributed by atoms with Crippen LogP contribution >= 0.6 is 0 Å². The fourth-order valence-electron chi connectivity index (χ4n) is 2.66. The normalized spacial score (nSPS) is 10.8. The fraction of sp³-hybridized carbons (Fsp3) is 0.235. The van der Waals surface area contributed by atoms with Gasteiger partial charge >= 0.3 is 0 Å². The number of aromatic amines is 1. The van der Waals surface area contributed by atoms with E-state index in [1.165, 1.54) is 17.9 Å². The Bertz CT molecular complexity index is 990. The molecule has 1 amide bonds. The molecule has 0 unspecified atom stereocenters. The molecule has 8 heteroatoms. The number of nitrogens with zero attached hydrogens (tertiary/aromatic N) is 2. The molecular weight excluding hydrogens is 324 g/mol. The van der Waals surface area contributed by atoms with E-state index in [1.807, 2.05) is 6.07 Å². The first-order chi connectivity index (χ1) is 12.0. The molecule has 130 valence electrons. The number of aryl methyl sites for hydroxylation is 1. The zero-order chi connectivity index (χ0) is 18.0. The summed E-state index contributed by atoms with van der Waals surface area (Å²) >= 11 is 0. The summed E-state index contributed by atoms with van der Waals surface area (Å²) in [7, 11) is 4.73.